The Kier molecular flexibility index (Phi) is 3.58. The van der Waals surface area contributed by atoms with Crippen LogP contribution in [-0.4, -0.2) is 10.1 Å². The number of pyridine rings is 1. The summed E-state index contributed by atoms with van der Waals surface area (Å²) in [6.07, 6.45) is 0.996. The number of aromatic nitrogens is 1. The van der Waals surface area contributed by atoms with E-state index in [2.05, 4.69) is 4.98 Å². The van der Waals surface area contributed by atoms with Crippen LogP contribution in [0.4, 0.5) is 4.39 Å². The predicted molar refractivity (Wildman–Crippen MR) is 66.1 cm³/mol. The molecule has 2 rings (SSSR count). The van der Waals surface area contributed by atoms with E-state index in [4.69, 9.17) is 4.74 Å². The Morgan fingerprint density at radius 2 is 2.06 bits per heavy atom. The van der Waals surface area contributed by atoms with Gasteiger partial charge in [-0.15, -0.1) is 0 Å². The van der Waals surface area contributed by atoms with Gasteiger partial charge in [0.15, 0.2) is 0 Å². The Morgan fingerprint density at radius 1 is 1.28 bits per heavy atom. The van der Waals surface area contributed by atoms with Gasteiger partial charge in [-0.25, -0.2) is 9.37 Å². The van der Waals surface area contributed by atoms with Gasteiger partial charge in [0.2, 0.25) is 5.88 Å². The van der Waals surface area contributed by atoms with Crippen molar-refractivity contribution >= 4 is 0 Å². The van der Waals surface area contributed by atoms with Crippen LogP contribution in [0.3, 0.4) is 0 Å². The van der Waals surface area contributed by atoms with Gasteiger partial charge in [0, 0.05) is 12.3 Å². The van der Waals surface area contributed by atoms with E-state index in [1.807, 2.05) is 0 Å². The fourth-order valence-corrected chi connectivity index (χ4v) is 1.50. The normalized spacial score (nSPS) is 12.2. The molecule has 1 N–H and O–H groups in total. The predicted octanol–water partition coefficient (Wildman–Crippen LogP) is 3.37. The van der Waals surface area contributed by atoms with Crippen molar-refractivity contribution in [2.75, 3.05) is 0 Å². The Morgan fingerprint density at radius 3 is 2.61 bits per heavy atom. The molecule has 1 heterocycles. The highest BCUT2D eigenvalue weighted by atomic mass is 19.1. The first-order valence-corrected chi connectivity index (χ1v) is 5.64. The van der Waals surface area contributed by atoms with Gasteiger partial charge in [-0.05, 0) is 49.2 Å². The van der Waals surface area contributed by atoms with Gasteiger partial charge in [-0.3, -0.25) is 0 Å². The summed E-state index contributed by atoms with van der Waals surface area (Å²) < 4.78 is 18.6. The molecule has 1 aromatic carbocycles. The second-order valence-electron chi connectivity index (χ2n) is 4.12. The van der Waals surface area contributed by atoms with Crippen molar-refractivity contribution in [2.24, 2.45) is 0 Å². The molecule has 0 radical (unpaired) electrons. The highest BCUT2D eigenvalue weighted by molar-refractivity contribution is 5.32. The largest absolute Gasteiger partial charge is 0.439 e. The van der Waals surface area contributed by atoms with Crippen LogP contribution in [0.1, 0.15) is 24.2 Å². The third-order valence-corrected chi connectivity index (χ3v) is 2.59. The Bertz CT molecular complexity index is 538. The molecule has 1 atom stereocenters. The zero-order valence-electron chi connectivity index (χ0n) is 10.2. The van der Waals surface area contributed by atoms with Crippen LogP contribution in [0.2, 0.25) is 0 Å². The number of rotatable bonds is 3. The Balaban J connectivity index is 2.15. The quantitative estimate of drug-likeness (QED) is 0.904. The lowest BCUT2D eigenvalue weighted by atomic mass is 10.2. The van der Waals surface area contributed by atoms with Gasteiger partial charge in [-0.2, -0.15) is 0 Å². The van der Waals surface area contributed by atoms with Gasteiger partial charge in [0.1, 0.15) is 11.6 Å². The molecular formula is C14H14FNO2. The van der Waals surface area contributed by atoms with Crippen molar-refractivity contribution < 1.29 is 14.2 Å². The molecule has 4 heteroatoms. The number of halogens is 1. The number of hydrogen-bond donors (Lipinski definition) is 1. The van der Waals surface area contributed by atoms with Crippen molar-refractivity contribution in [3.05, 3.63) is 53.5 Å². The van der Waals surface area contributed by atoms with Crippen LogP contribution in [0.25, 0.3) is 0 Å². The Hall–Kier alpha value is -1.94. The molecule has 0 aliphatic rings. The molecule has 0 aliphatic carbocycles. The molecule has 18 heavy (non-hydrogen) atoms. The molecule has 1 aromatic heterocycles. The van der Waals surface area contributed by atoms with Gasteiger partial charge in [0.05, 0.1) is 6.10 Å². The molecule has 0 aliphatic heterocycles. The van der Waals surface area contributed by atoms with Crippen molar-refractivity contribution in [3.63, 3.8) is 0 Å². The summed E-state index contributed by atoms with van der Waals surface area (Å²) in [6.45, 7) is 3.34. The molecule has 2 aromatic rings. The highest BCUT2D eigenvalue weighted by Gasteiger charge is 2.04. The van der Waals surface area contributed by atoms with Gasteiger partial charge in [-0.1, -0.05) is 0 Å². The first kappa shape index (κ1) is 12.5. The maximum Gasteiger partial charge on any atom is 0.219 e. The molecule has 94 valence electrons. The number of benzene rings is 1. The molecule has 0 saturated heterocycles. The van der Waals surface area contributed by atoms with Crippen molar-refractivity contribution in [1.82, 2.24) is 4.98 Å². The molecule has 0 fully saturated rings. The summed E-state index contributed by atoms with van der Waals surface area (Å²) in [5.41, 5.74) is 1.24. The zero-order chi connectivity index (χ0) is 13.1. The van der Waals surface area contributed by atoms with Crippen LogP contribution in [0, 0.1) is 12.7 Å². The van der Waals surface area contributed by atoms with E-state index in [0.29, 0.717) is 17.2 Å². The smallest absolute Gasteiger partial charge is 0.219 e. The lowest BCUT2D eigenvalue weighted by molar-refractivity contribution is 0.198. The maximum atomic E-state index is 13.1. The second kappa shape index (κ2) is 5.14. The minimum atomic E-state index is -0.556. The number of ether oxygens (including phenoxy) is 1. The molecule has 1 unspecified atom stereocenters. The van der Waals surface area contributed by atoms with Crippen LogP contribution < -0.4 is 4.74 Å². The molecule has 3 nitrogen and oxygen atoms in total. The van der Waals surface area contributed by atoms with E-state index < -0.39 is 6.10 Å². The Labute approximate surface area is 105 Å². The fraction of sp³-hybridized carbons (Fsp3) is 0.214. The topological polar surface area (TPSA) is 42.4 Å². The van der Waals surface area contributed by atoms with E-state index in [-0.39, 0.29) is 5.82 Å². The summed E-state index contributed by atoms with van der Waals surface area (Å²) >= 11 is 0. The van der Waals surface area contributed by atoms with Gasteiger partial charge < -0.3 is 9.84 Å². The zero-order valence-corrected chi connectivity index (χ0v) is 10.2. The third-order valence-electron chi connectivity index (χ3n) is 2.59. The lowest BCUT2D eigenvalue weighted by Crippen LogP contribution is -1.94. The fourth-order valence-electron chi connectivity index (χ4n) is 1.50. The van der Waals surface area contributed by atoms with E-state index in [1.165, 1.54) is 6.07 Å². The second-order valence-corrected chi connectivity index (χ2v) is 4.12. The number of hydrogen-bond acceptors (Lipinski definition) is 3. The van der Waals surface area contributed by atoms with Crippen molar-refractivity contribution in [3.8, 4) is 11.6 Å². The van der Waals surface area contributed by atoms with E-state index in [1.54, 1.807) is 44.3 Å². The standard InChI is InChI=1S/C14H14FNO2/c1-9-7-12(4-5-13(9)15)18-14-6-3-11(8-16-14)10(2)17/h3-8,10,17H,1-2H3. The van der Waals surface area contributed by atoms with Crippen LogP contribution in [0.5, 0.6) is 11.6 Å². The highest BCUT2D eigenvalue weighted by Crippen LogP contribution is 2.22. The van der Waals surface area contributed by atoms with Crippen molar-refractivity contribution in [2.45, 2.75) is 20.0 Å². The number of aryl methyl sites for hydroxylation is 1. The van der Waals surface area contributed by atoms with Crippen LogP contribution in [0.15, 0.2) is 36.5 Å². The maximum absolute atomic E-state index is 13.1. The molecule has 0 amide bonds. The summed E-state index contributed by atoms with van der Waals surface area (Å²) in [6, 6.07) is 7.92. The lowest BCUT2D eigenvalue weighted by Gasteiger charge is -2.08. The van der Waals surface area contributed by atoms with Crippen LogP contribution >= 0.6 is 0 Å². The minimum absolute atomic E-state index is 0.264. The monoisotopic (exact) mass is 247 g/mol. The first-order valence-electron chi connectivity index (χ1n) is 5.64. The average Bonchev–Trinajstić information content (AvgIpc) is 2.34. The SMILES string of the molecule is Cc1cc(Oc2ccc(C(C)O)cn2)ccc1F. The van der Waals surface area contributed by atoms with Gasteiger partial charge >= 0.3 is 0 Å². The first-order chi connectivity index (χ1) is 8.56. The molecule has 0 bridgehead atoms. The van der Waals surface area contributed by atoms with Gasteiger partial charge in [0.25, 0.3) is 0 Å². The average molecular weight is 247 g/mol. The van der Waals surface area contributed by atoms with Crippen molar-refractivity contribution in [1.29, 1.82) is 0 Å². The minimum Gasteiger partial charge on any atom is -0.439 e. The molecular weight excluding hydrogens is 233 g/mol. The summed E-state index contributed by atoms with van der Waals surface area (Å²) in [4.78, 5) is 4.07. The number of aliphatic hydroxyl groups excluding tert-OH is 1. The molecule has 0 spiro atoms. The van der Waals surface area contributed by atoms with Crippen LogP contribution in [-0.2, 0) is 0 Å². The van der Waals surface area contributed by atoms with E-state index in [9.17, 15) is 9.50 Å². The third kappa shape index (κ3) is 2.84. The molecule has 0 saturated carbocycles. The summed E-state index contributed by atoms with van der Waals surface area (Å²) in [5, 5.41) is 9.35. The number of aliphatic hydroxyl groups is 1. The van der Waals surface area contributed by atoms with E-state index >= 15 is 0 Å². The van der Waals surface area contributed by atoms with E-state index in [0.717, 1.165) is 5.56 Å². The summed E-state index contributed by atoms with van der Waals surface area (Å²) in [5.74, 6) is 0.677. The summed E-state index contributed by atoms with van der Waals surface area (Å²) in [7, 11) is 0. The number of nitrogens with zero attached hydrogens (tertiary/aromatic N) is 1.